The average Bonchev–Trinajstić information content (AvgIpc) is 3.03. The lowest BCUT2D eigenvalue weighted by atomic mass is 10.0. The van der Waals surface area contributed by atoms with Gasteiger partial charge >= 0.3 is 0 Å². The van der Waals surface area contributed by atoms with Crippen LogP contribution in [-0.2, 0) is 16.1 Å². The molecule has 1 aliphatic heterocycles. The van der Waals surface area contributed by atoms with Crippen LogP contribution in [-0.4, -0.2) is 27.4 Å². The Labute approximate surface area is 143 Å². The van der Waals surface area contributed by atoms with Gasteiger partial charge in [0.1, 0.15) is 11.6 Å². The number of nitrogens with one attached hydrogen (secondary N) is 3. The van der Waals surface area contributed by atoms with Gasteiger partial charge in [-0.1, -0.05) is 24.3 Å². The van der Waals surface area contributed by atoms with Crippen LogP contribution in [0.25, 0.3) is 11.0 Å². The molecule has 3 aromatic rings. The van der Waals surface area contributed by atoms with Crippen molar-refractivity contribution in [1.82, 2.24) is 15.3 Å². The van der Waals surface area contributed by atoms with E-state index in [1.165, 1.54) is 6.92 Å². The minimum absolute atomic E-state index is 0.168. The van der Waals surface area contributed by atoms with Crippen molar-refractivity contribution in [2.75, 3.05) is 5.32 Å². The molecule has 0 saturated carbocycles. The molecule has 2 heterocycles. The van der Waals surface area contributed by atoms with Crippen molar-refractivity contribution < 1.29 is 14.3 Å². The van der Waals surface area contributed by atoms with E-state index in [0.717, 1.165) is 11.0 Å². The number of amides is 2. The number of carbonyl (C=O) groups excluding carboxylic acids is 2. The number of hydrogen-bond acceptors (Lipinski definition) is 4. The minimum Gasteiger partial charge on any atom is -0.466 e. The smallest absolute Gasteiger partial charge is 0.278 e. The van der Waals surface area contributed by atoms with Crippen LogP contribution in [0.3, 0.4) is 0 Å². The molecule has 0 unspecified atom stereocenters. The summed E-state index contributed by atoms with van der Waals surface area (Å²) in [7, 11) is 0. The molecule has 1 aromatic heterocycles. The quantitative estimate of drug-likeness (QED) is 0.637. The van der Waals surface area contributed by atoms with E-state index in [1.807, 2.05) is 24.3 Å². The number of aromatic nitrogens is 2. The van der Waals surface area contributed by atoms with Crippen LogP contribution in [0.15, 0.2) is 48.5 Å². The second-order valence-electron chi connectivity index (χ2n) is 5.97. The number of hydrogen-bond donors (Lipinski definition) is 3. The van der Waals surface area contributed by atoms with E-state index in [-0.39, 0.29) is 6.54 Å². The molecule has 2 amide bonds. The number of imidazole rings is 1. The van der Waals surface area contributed by atoms with Crippen LogP contribution in [0.4, 0.5) is 5.69 Å². The number of aromatic amines is 1. The van der Waals surface area contributed by atoms with Crippen LogP contribution in [0.5, 0.6) is 5.75 Å². The van der Waals surface area contributed by atoms with Crippen molar-refractivity contribution in [1.29, 1.82) is 0 Å². The number of nitrogens with zero attached hydrogens (tertiary/aromatic N) is 1. The molecule has 1 aliphatic rings. The summed E-state index contributed by atoms with van der Waals surface area (Å²) < 4.78 is 5.69. The SMILES string of the molecule is C[C@]1(C(=O)NCc2nc3ccccc3[nH]2)Oc2ccccc2NC1=O. The van der Waals surface area contributed by atoms with E-state index >= 15 is 0 Å². The number of ether oxygens (including phenoxy) is 1. The molecule has 4 rings (SSSR count). The van der Waals surface area contributed by atoms with Crippen molar-refractivity contribution in [3.05, 3.63) is 54.4 Å². The first-order valence-corrected chi connectivity index (χ1v) is 7.88. The number of fused-ring (bicyclic) bond motifs is 2. The van der Waals surface area contributed by atoms with Crippen LogP contribution in [0.1, 0.15) is 12.7 Å². The molecule has 0 radical (unpaired) electrons. The molecule has 1 atom stereocenters. The molecule has 0 aliphatic carbocycles. The Bertz CT molecular complexity index is 948. The standard InChI is InChI=1S/C18H16N4O3/c1-18(17(24)22-13-8-4-5-9-14(13)25-18)16(23)19-10-15-20-11-6-2-3-7-12(11)21-15/h2-9H,10H2,1H3,(H,19,23)(H,20,21)(H,22,24)/t18-/m1/s1. The zero-order valence-corrected chi connectivity index (χ0v) is 13.5. The van der Waals surface area contributed by atoms with Crippen molar-refractivity contribution in [2.45, 2.75) is 19.1 Å². The van der Waals surface area contributed by atoms with Gasteiger partial charge in [-0.2, -0.15) is 0 Å². The highest BCUT2D eigenvalue weighted by atomic mass is 16.5. The van der Waals surface area contributed by atoms with Crippen LogP contribution < -0.4 is 15.4 Å². The first-order valence-electron chi connectivity index (χ1n) is 7.88. The lowest BCUT2D eigenvalue weighted by Crippen LogP contribution is -2.58. The maximum atomic E-state index is 12.6. The van der Waals surface area contributed by atoms with Gasteiger partial charge in [0.15, 0.2) is 0 Å². The predicted octanol–water partition coefficient (Wildman–Crippen LogP) is 1.97. The molecular weight excluding hydrogens is 320 g/mol. The van der Waals surface area contributed by atoms with Crippen LogP contribution in [0.2, 0.25) is 0 Å². The van der Waals surface area contributed by atoms with Crippen molar-refractivity contribution in [2.24, 2.45) is 0 Å². The van der Waals surface area contributed by atoms with Gasteiger partial charge in [0.25, 0.3) is 17.4 Å². The highest BCUT2D eigenvalue weighted by molar-refractivity contribution is 6.15. The molecule has 0 fully saturated rings. The minimum atomic E-state index is -1.64. The van der Waals surface area contributed by atoms with E-state index in [1.54, 1.807) is 24.3 Å². The highest BCUT2D eigenvalue weighted by Gasteiger charge is 2.47. The lowest BCUT2D eigenvalue weighted by molar-refractivity contribution is -0.146. The topological polar surface area (TPSA) is 96.1 Å². The molecule has 0 bridgehead atoms. The average molecular weight is 336 g/mol. The summed E-state index contributed by atoms with van der Waals surface area (Å²) in [6, 6.07) is 14.6. The van der Waals surface area contributed by atoms with Crippen molar-refractivity contribution in [3.8, 4) is 5.75 Å². The van der Waals surface area contributed by atoms with E-state index in [0.29, 0.717) is 17.3 Å². The van der Waals surface area contributed by atoms with Crippen LogP contribution >= 0.6 is 0 Å². The third kappa shape index (κ3) is 2.59. The number of carbonyl (C=O) groups is 2. The Morgan fingerprint density at radius 2 is 1.96 bits per heavy atom. The summed E-state index contributed by atoms with van der Waals surface area (Å²) in [6.07, 6.45) is 0. The predicted molar refractivity (Wildman–Crippen MR) is 92.0 cm³/mol. The van der Waals surface area contributed by atoms with E-state index < -0.39 is 17.4 Å². The Morgan fingerprint density at radius 3 is 2.80 bits per heavy atom. The number of benzene rings is 2. The second kappa shape index (κ2) is 5.62. The maximum absolute atomic E-state index is 12.6. The molecule has 126 valence electrons. The highest BCUT2D eigenvalue weighted by Crippen LogP contribution is 2.33. The molecule has 7 heteroatoms. The van der Waals surface area contributed by atoms with Gasteiger partial charge in [-0.3, -0.25) is 9.59 Å². The summed E-state index contributed by atoms with van der Waals surface area (Å²) in [5, 5.41) is 5.42. The van der Waals surface area contributed by atoms with Gasteiger partial charge < -0.3 is 20.4 Å². The zero-order chi connectivity index (χ0) is 17.4. The molecular formula is C18H16N4O3. The van der Waals surface area contributed by atoms with Gasteiger partial charge in [-0.15, -0.1) is 0 Å². The Hall–Kier alpha value is -3.35. The van der Waals surface area contributed by atoms with Gasteiger partial charge in [-0.05, 0) is 31.2 Å². The van der Waals surface area contributed by atoms with Gasteiger partial charge in [-0.25, -0.2) is 4.98 Å². The molecule has 3 N–H and O–H groups in total. The molecule has 0 saturated heterocycles. The first-order chi connectivity index (χ1) is 12.1. The number of H-pyrrole nitrogens is 1. The molecule has 7 nitrogen and oxygen atoms in total. The first kappa shape index (κ1) is 15.2. The lowest BCUT2D eigenvalue weighted by Gasteiger charge is -2.33. The van der Waals surface area contributed by atoms with Gasteiger partial charge in [0, 0.05) is 0 Å². The fraction of sp³-hybridized carbons (Fsp3) is 0.167. The van der Waals surface area contributed by atoms with Crippen LogP contribution in [0, 0.1) is 0 Å². The fourth-order valence-corrected chi connectivity index (χ4v) is 2.74. The molecule has 25 heavy (non-hydrogen) atoms. The maximum Gasteiger partial charge on any atom is 0.278 e. The summed E-state index contributed by atoms with van der Waals surface area (Å²) in [4.78, 5) is 32.5. The Morgan fingerprint density at radius 1 is 1.20 bits per heavy atom. The third-order valence-electron chi connectivity index (χ3n) is 4.17. The van der Waals surface area contributed by atoms with Crippen molar-refractivity contribution in [3.63, 3.8) is 0 Å². The number of rotatable bonds is 3. The summed E-state index contributed by atoms with van der Waals surface area (Å²) in [6.45, 7) is 1.62. The Kier molecular flexibility index (Phi) is 3.42. The zero-order valence-electron chi connectivity index (χ0n) is 13.5. The summed E-state index contributed by atoms with van der Waals surface area (Å²) >= 11 is 0. The van der Waals surface area contributed by atoms with E-state index in [2.05, 4.69) is 20.6 Å². The third-order valence-corrected chi connectivity index (χ3v) is 4.17. The monoisotopic (exact) mass is 336 g/mol. The molecule has 0 spiro atoms. The van der Waals surface area contributed by atoms with E-state index in [4.69, 9.17) is 4.74 Å². The second-order valence-corrected chi connectivity index (χ2v) is 5.97. The van der Waals surface area contributed by atoms with Crippen molar-refractivity contribution >= 4 is 28.5 Å². The number of anilines is 1. The van der Waals surface area contributed by atoms with Gasteiger partial charge in [0.2, 0.25) is 0 Å². The molecule has 2 aromatic carbocycles. The van der Waals surface area contributed by atoms with E-state index in [9.17, 15) is 9.59 Å². The fourth-order valence-electron chi connectivity index (χ4n) is 2.74. The normalized spacial score (nSPS) is 19.0. The number of para-hydroxylation sites is 4. The van der Waals surface area contributed by atoms with Gasteiger partial charge in [0.05, 0.1) is 23.3 Å². The summed E-state index contributed by atoms with van der Waals surface area (Å²) in [5.41, 5.74) is 0.618. The largest absolute Gasteiger partial charge is 0.466 e. The Balaban J connectivity index is 1.51. The summed E-state index contributed by atoms with van der Waals surface area (Å²) in [5.74, 6) is 0.0338.